The summed E-state index contributed by atoms with van der Waals surface area (Å²) in [6, 6.07) is 18.0. The van der Waals surface area contributed by atoms with Crippen molar-refractivity contribution in [3.05, 3.63) is 66.0 Å². The Bertz CT molecular complexity index is 1010. The minimum atomic E-state index is -0.108. The van der Waals surface area contributed by atoms with E-state index < -0.39 is 0 Å². The van der Waals surface area contributed by atoms with Gasteiger partial charge in [0.25, 0.3) is 0 Å². The first-order chi connectivity index (χ1) is 15.5. The number of thioether (sulfide) groups is 1. The maximum atomic E-state index is 12.7. The predicted octanol–water partition coefficient (Wildman–Crippen LogP) is 3.05. The zero-order valence-electron chi connectivity index (χ0n) is 19.2. The topological polar surface area (TPSA) is 73.5 Å². The van der Waals surface area contributed by atoms with Crippen LogP contribution in [-0.4, -0.2) is 47.1 Å². The molecule has 0 spiro atoms. The number of para-hydroxylation sites is 2. The molecule has 1 amide bonds. The molecule has 3 aromatic rings. The smallest absolute Gasteiger partial charge is 0.234 e. The second-order valence-corrected chi connectivity index (χ2v) is 8.66. The van der Waals surface area contributed by atoms with E-state index in [2.05, 4.69) is 53.2 Å². The van der Waals surface area contributed by atoms with Crippen LogP contribution in [0.5, 0.6) is 5.75 Å². The van der Waals surface area contributed by atoms with Crippen LogP contribution < -0.4 is 15.0 Å². The number of anilines is 1. The van der Waals surface area contributed by atoms with Crippen molar-refractivity contribution in [3.8, 4) is 5.75 Å². The average molecular weight is 455 g/mol. The predicted molar refractivity (Wildman–Crippen MR) is 128 cm³/mol. The van der Waals surface area contributed by atoms with Crippen LogP contribution in [0.2, 0.25) is 0 Å². The van der Waals surface area contributed by atoms with Gasteiger partial charge in [0, 0.05) is 6.42 Å². The van der Waals surface area contributed by atoms with E-state index in [0.717, 1.165) is 17.4 Å². The van der Waals surface area contributed by atoms with Gasteiger partial charge in [-0.15, -0.1) is 10.2 Å². The Morgan fingerprint density at radius 3 is 2.50 bits per heavy atom. The minimum absolute atomic E-state index is 0.108. The fourth-order valence-corrected chi connectivity index (χ4v) is 4.34. The number of aromatic nitrogens is 3. The molecule has 7 nitrogen and oxygen atoms in total. The van der Waals surface area contributed by atoms with Crippen LogP contribution in [0, 0.1) is 0 Å². The standard InChI is InChI=1S/C24H31N5O2S/c1-5-20(28(3)4)23-26-27-24(29(23)16-18-12-8-7-9-13-18)32-17-22(30)25-19-14-10-11-15-21(19)31-6-2/h7-15,20H,5-6,16-17H2,1-4H3,(H,25,30)/p+1/t20-/m1/s1. The van der Waals surface area contributed by atoms with Crippen molar-refractivity contribution in [1.29, 1.82) is 0 Å². The Labute approximate surface area is 194 Å². The van der Waals surface area contributed by atoms with E-state index >= 15 is 0 Å². The lowest BCUT2D eigenvalue weighted by molar-refractivity contribution is -0.893. The van der Waals surface area contributed by atoms with Gasteiger partial charge in [-0.2, -0.15) is 0 Å². The number of hydrogen-bond donors (Lipinski definition) is 2. The molecular formula is C24H32N5O2S+. The summed E-state index contributed by atoms with van der Waals surface area (Å²) in [7, 11) is 4.26. The quantitative estimate of drug-likeness (QED) is 0.436. The molecule has 170 valence electrons. The van der Waals surface area contributed by atoms with E-state index in [9.17, 15) is 4.79 Å². The third-order valence-electron chi connectivity index (χ3n) is 5.14. The van der Waals surface area contributed by atoms with Crippen molar-refractivity contribution >= 4 is 23.4 Å². The van der Waals surface area contributed by atoms with Gasteiger partial charge in [0.2, 0.25) is 5.91 Å². The fourth-order valence-electron chi connectivity index (χ4n) is 3.60. The monoisotopic (exact) mass is 454 g/mol. The summed E-state index contributed by atoms with van der Waals surface area (Å²) < 4.78 is 7.74. The molecule has 0 saturated carbocycles. The number of quaternary nitrogens is 1. The van der Waals surface area contributed by atoms with Gasteiger partial charge < -0.3 is 15.0 Å². The third kappa shape index (κ3) is 6.11. The van der Waals surface area contributed by atoms with Gasteiger partial charge in [0.15, 0.2) is 11.0 Å². The Kier molecular flexibility index (Phi) is 8.70. The van der Waals surface area contributed by atoms with E-state index in [1.54, 1.807) is 0 Å². The van der Waals surface area contributed by atoms with Crippen molar-refractivity contribution in [1.82, 2.24) is 14.8 Å². The molecule has 1 aromatic heterocycles. The lowest BCUT2D eigenvalue weighted by Crippen LogP contribution is -3.06. The maximum Gasteiger partial charge on any atom is 0.234 e. The van der Waals surface area contributed by atoms with Crippen molar-refractivity contribution in [2.75, 3.05) is 31.8 Å². The zero-order chi connectivity index (χ0) is 22.9. The first kappa shape index (κ1) is 23.8. The van der Waals surface area contributed by atoms with Crippen molar-refractivity contribution < 1.29 is 14.4 Å². The SMILES string of the molecule is CCOc1ccccc1NC(=O)CSc1nnc([C@@H](CC)[NH+](C)C)n1Cc1ccccc1. The molecular weight excluding hydrogens is 422 g/mol. The van der Waals surface area contributed by atoms with Crippen LogP contribution >= 0.6 is 11.8 Å². The normalized spacial score (nSPS) is 12.0. The van der Waals surface area contributed by atoms with Crippen LogP contribution in [0.4, 0.5) is 5.69 Å². The highest BCUT2D eigenvalue weighted by Crippen LogP contribution is 2.25. The minimum Gasteiger partial charge on any atom is -0.492 e. The Hall–Kier alpha value is -2.84. The van der Waals surface area contributed by atoms with Crippen molar-refractivity contribution in [2.45, 2.75) is 38.0 Å². The summed E-state index contributed by atoms with van der Waals surface area (Å²) in [6.07, 6.45) is 0.953. The van der Waals surface area contributed by atoms with Gasteiger partial charge in [0.05, 0.1) is 38.7 Å². The highest BCUT2D eigenvalue weighted by atomic mass is 32.2. The summed E-state index contributed by atoms with van der Waals surface area (Å²) >= 11 is 1.40. The number of ether oxygens (including phenoxy) is 1. The molecule has 0 saturated heterocycles. The molecule has 0 fully saturated rings. The lowest BCUT2D eigenvalue weighted by Gasteiger charge is -2.20. The van der Waals surface area contributed by atoms with E-state index in [-0.39, 0.29) is 17.7 Å². The number of amides is 1. The van der Waals surface area contributed by atoms with Gasteiger partial charge in [-0.1, -0.05) is 61.2 Å². The van der Waals surface area contributed by atoms with E-state index in [4.69, 9.17) is 4.74 Å². The van der Waals surface area contributed by atoms with Crippen molar-refractivity contribution in [2.24, 2.45) is 0 Å². The number of carbonyl (C=O) groups excluding carboxylic acids is 1. The first-order valence-corrected chi connectivity index (χ1v) is 11.9. The molecule has 0 aliphatic carbocycles. The van der Waals surface area contributed by atoms with Gasteiger partial charge in [-0.05, 0) is 24.6 Å². The summed E-state index contributed by atoms with van der Waals surface area (Å²) in [5, 5.41) is 12.7. The van der Waals surface area contributed by atoms with Gasteiger partial charge in [-0.25, -0.2) is 0 Å². The summed E-state index contributed by atoms with van der Waals surface area (Å²) in [6.45, 7) is 5.30. The highest BCUT2D eigenvalue weighted by molar-refractivity contribution is 7.99. The van der Waals surface area contributed by atoms with E-state index in [1.807, 2.05) is 49.4 Å². The van der Waals surface area contributed by atoms with E-state index in [1.165, 1.54) is 22.2 Å². The molecule has 1 heterocycles. The Morgan fingerprint density at radius 1 is 1.09 bits per heavy atom. The second kappa shape index (κ2) is 11.7. The summed E-state index contributed by atoms with van der Waals surface area (Å²) in [5.41, 5.74) is 1.85. The number of nitrogens with one attached hydrogen (secondary N) is 2. The average Bonchev–Trinajstić information content (AvgIpc) is 3.17. The summed E-state index contributed by atoms with van der Waals surface area (Å²) in [5.74, 6) is 1.74. The number of carbonyl (C=O) groups is 1. The molecule has 1 atom stereocenters. The van der Waals surface area contributed by atoms with Crippen molar-refractivity contribution in [3.63, 3.8) is 0 Å². The first-order valence-electron chi connectivity index (χ1n) is 10.9. The fraction of sp³-hybridized carbons (Fsp3) is 0.375. The Balaban J connectivity index is 1.77. The van der Waals surface area contributed by atoms with Crippen LogP contribution in [0.3, 0.4) is 0 Å². The third-order valence-corrected chi connectivity index (χ3v) is 6.11. The maximum absolute atomic E-state index is 12.7. The second-order valence-electron chi connectivity index (χ2n) is 7.72. The van der Waals surface area contributed by atoms with E-state index in [0.29, 0.717) is 24.6 Å². The number of benzene rings is 2. The van der Waals surface area contributed by atoms with Crippen LogP contribution in [0.1, 0.15) is 37.7 Å². The number of hydrogen-bond acceptors (Lipinski definition) is 5. The molecule has 2 aromatic carbocycles. The van der Waals surface area contributed by atoms with Crippen LogP contribution in [-0.2, 0) is 11.3 Å². The molecule has 32 heavy (non-hydrogen) atoms. The van der Waals surface area contributed by atoms with Crippen LogP contribution in [0.25, 0.3) is 0 Å². The molecule has 0 radical (unpaired) electrons. The lowest BCUT2D eigenvalue weighted by atomic mass is 10.2. The van der Waals surface area contributed by atoms with Crippen LogP contribution in [0.15, 0.2) is 59.8 Å². The van der Waals surface area contributed by atoms with Gasteiger partial charge in [-0.3, -0.25) is 9.36 Å². The number of nitrogens with zero attached hydrogens (tertiary/aromatic N) is 3. The molecule has 0 unspecified atom stereocenters. The molecule has 0 aliphatic heterocycles. The molecule has 0 aliphatic rings. The highest BCUT2D eigenvalue weighted by Gasteiger charge is 2.25. The molecule has 3 rings (SSSR count). The molecule has 0 bridgehead atoms. The van der Waals surface area contributed by atoms with Gasteiger partial charge >= 0.3 is 0 Å². The molecule has 2 N–H and O–H groups in total. The molecule has 8 heteroatoms. The van der Waals surface area contributed by atoms with Gasteiger partial charge in [0.1, 0.15) is 11.8 Å². The summed E-state index contributed by atoms with van der Waals surface area (Å²) in [4.78, 5) is 14.0. The zero-order valence-corrected chi connectivity index (χ0v) is 20.0. The largest absolute Gasteiger partial charge is 0.492 e. The Morgan fingerprint density at radius 2 is 1.81 bits per heavy atom. The number of rotatable bonds is 11.